The number of rotatable bonds is 3. The molecule has 1 aliphatic heterocycles. The number of likely N-dealkylation sites (tertiary alicyclic amines) is 1. The van der Waals surface area contributed by atoms with Crippen LogP contribution in [0.5, 0.6) is 0 Å². The molecule has 1 saturated heterocycles. The van der Waals surface area contributed by atoms with Gasteiger partial charge in [-0.2, -0.15) is 0 Å². The molecule has 1 fully saturated rings. The summed E-state index contributed by atoms with van der Waals surface area (Å²) in [4.78, 5) is 18.8. The van der Waals surface area contributed by atoms with Crippen molar-refractivity contribution in [3.05, 3.63) is 24.3 Å². The highest BCUT2D eigenvalue weighted by molar-refractivity contribution is 7.99. The number of hydrogen-bond donors (Lipinski definition) is 0. The van der Waals surface area contributed by atoms with Crippen molar-refractivity contribution < 1.29 is 13.9 Å². The molecule has 0 bridgehead atoms. The number of piperidine rings is 1. The maximum atomic E-state index is 12.4. The van der Waals surface area contributed by atoms with Crippen LogP contribution in [-0.2, 0) is 4.74 Å². The minimum absolute atomic E-state index is 0.161. The Bertz CT molecular complexity index is 675. The van der Waals surface area contributed by atoms with E-state index in [1.54, 1.807) is 11.8 Å². The van der Waals surface area contributed by atoms with Gasteiger partial charge in [-0.1, -0.05) is 23.9 Å². The number of hydrogen-bond acceptors (Lipinski definition) is 5. The van der Waals surface area contributed by atoms with Crippen LogP contribution in [0.15, 0.2) is 33.9 Å². The molecule has 0 radical (unpaired) electrons. The summed E-state index contributed by atoms with van der Waals surface area (Å²) in [6.07, 6.45) is 2.94. The van der Waals surface area contributed by atoms with Gasteiger partial charge in [-0.15, -0.1) is 0 Å². The molecule has 2 aromatic rings. The molecule has 24 heavy (non-hydrogen) atoms. The minimum Gasteiger partial charge on any atom is -0.444 e. The van der Waals surface area contributed by atoms with E-state index in [4.69, 9.17) is 9.15 Å². The molecule has 1 atom stereocenters. The zero-order chi connectivity index (χ0) is 17.2. The second-order valence-corrected chi connectivity index (χ2v) is 8.05. The number of fused-ring (bicyclic) bond motifs is 1. The van der Waals surface area contributed by atoms with Gasteiger partial charge in [0, 0.05) is 18.3 Å². The quantitative estimate of drug-likeness (QED) is 0.752. The molecule has 1 aromatic heterocycles. The highest BCUT2D eigenvalue weighted by atomic mass is 32.2. The van der Waals surface area contributed by atoms with Gasteiger partial charge in [-0.05, 0) is 52.2 Å². The predicted octanol–water partition coefficient (Wildman–Crippen LogP) is 4.71. The molecule has 0 spiro atoms. The molecule has 130 valence electrons. The molecule has 1 amide bonds. The SMILES string of the molecule is CC(C)(C)OC(=O)N1CCCCC1CSc1nc2ccccc2o1. The molecule has 1 unspecified atom stereocenters. The number of nitrogens with zero attached hydrogens (tertiary/aromatic N) is 2. The van der Waals surface area contributed by atoms with Gasteiger partial charge in [0.05, 0.1) is 0 Å². The van der Waals surface area contributed by atoms with Crippen molar-refractivity contribution in [3.63, 3.8) is 0 Å². The first kappa shape index (κ1) is 17.1. The van der Waals surface area contributed by atoms with E-state index >= 15 is 0 Å². The van der Waals surface area contributed by atoms with Crippen LogP contribution in [0.2, 0.25) is 0 Å². The topological polar surface area (TPSA) is 55.6 Å². The van der Waals surface area contributed by atoms with Crippen molar-refractivity contribution in [2.75, 3.05) is 12.3 Å². The third kappa shape index (κ3) is 4.23. The van der Waals surface area contributed by atoms with E-state index in [-0.39, 0.29) is 12.1 Å². The summed E-state index contributed by atoms with van der Waals surface area (Å²) >= 11 is 1.56. The van der Waals surface area contributed by atoms with Crippen LogP contribution in [-0.4, -0.2) is 39.9 Å². The Morgan fingerprint density at radius 3 is 2.92 bits per heavy atom. The molecule has 0 N–H and O–H groups in total. The maximum absolute atomic E-state index is 12.4. The summed E-state index contributed by atoms with van der Waals surface area (Å²) in [6, 6.07) is 7.91. The van der Waals surface area contributed by atoms with E-state index in [1.165, 1.54) is 0 Å². The van der Waals surface area contributed by atoms with Crippen LogP contribution in [0, 0.1) is 0 Å². The lowest BCUT2D eigenvalue weighted by Crippen LogP contribution is -2.47. The number of para-hydroxylation sites is 2. The summed E-state index contributed by atoms with van der Waals surface area (Å²) in [7, 11) is 0. The van der Waals surface area contributed by atoms with Crippen LogP contribution >= 0.6 is 11.8 Å². The van der Waals surface area contributed by atoms with Crippen molar-refractivity contribution in [1.82, 2.24) is 9.88 Å². The first-order valence-corrected chi connectivity index (χ1v) is 9.39. The lowest BCUT2D eigenvalue weighted by atomic mass is 10.0. The van der Waals surface area contributed by atoms with E-state index in [0.29, 0.717) is 5.22 Å². The van der Waals surface area contributed by atoms with Crippen LogP contribution in [0.1, 0.15) is 40.0 Å². The zero-order valence-corrected chi connectivity index (χ0v) is 15.3. The van der Waals surface area contributed by atoms with Crippen LogP contribution in [0.4, 0.5) is 4.79 Å². The second kappa shape index (κ2) is 7.05. The number of ether oxygens (including phenoxy) is 1. The third-order valence-electron chi connectivity index (χ3n) is 3.93. The highest BCUT2D eigenvalue weighted by Gasteiger charge is 2.30. The van der Waals surface area contributed by atoms with Crippen molar-refractivity contribution in [1.29, 1.82) is 0 Å². The molecular formula is C18H24N2O3S. The molecule has 1 aliphatic rings. The number of aromatic nitrogens is 1. The Labute approximate surface area is 146 Å². The third-order valence-corrected chi connectivity index (χ3v) is 4.90. The van der Waals surface area contributed by atoms with Gasteiger partial charge in [-0.25, -0.2) is 9.78 Å². The summed E-state index contributed by atoms with van der Waals surface area (Å²) in [5.74, 6) is 0.770. The van der Waals surface area contributed by atoms with Gasteiger partial charge in [0.2, 0.25) is 0 Å². The van der Waals surface area contributed by atoms with Crippen LogP contribution < -0.4 is 0 Å². The average molecular weight is 348 g/mol. The fourth-order valence-corrected chi connectivity index (χ4v) is 3.81. The Balaban J connectivity index is 1.64. The number of amides is 1. The Morgan fingerprint density at radius 1 is 1.38 bits per heavy atom. The Morgan fingerprint density at radius 2 is 2.17 bits per heavy atom. The van der Waals surface area contributed by atoms with E-state index in [9.17, 15) is 4.79 Å². The fraction of sp³-hybridized carbons (Fsp3) is 0.556. The van der Waals surface area contributed by atoms with Crippen molar-refractivity contribution in [2.24, 2.45) is 0 Å². The van der Waals surface area contributed by atoms with Gasteiger partial charge < -0.3 is 14.1 Å². The molecule has 1 aromatic carbocycles. The predicted molar refractivity (Wildman–Crippen MR) is 95.3 cm³/mol. The summed E-state index contributed by atoms with van der Waals surface area (Å²) < 4.78 is 11.3. The summed E-state index contributed by atoms with van der Waals surface area (Å²) in [5, 5.41) is 0.658. The number of carbonyl (C=O) groups is 1. The van der Waals surface area contributed by atoms with Gasteiger partial charge in [0.1, 0.15) is 11.1 Å². The first-order valence-electron chi connectivity index (χ1n) is 8.40. The smallest absolute Gasteiger partial charge is 0.410 e. The van der Waals surface area contributed by atoms with Crippen LogP contribution in [0.3, 0.4) is 0 Å². The molecule has 2 heterocycles. The number of benzene rings is 1. The van der Waals surface area contributed by atoms with E-state index in [0.717, 1.165) is 42.7 Å². The lowest BCUT2D eigenvalue weighted by Gasteiger charge is -2.36. The van der Waals surface area contributed by atoms with Crippen molar-refractivity contribution >= 4 is 29.0 Å². The first-order chi connectivity index (χ1) is 11.4. The monoisotopic (exact) mass is 348 g/mol. The molecule has 6 heteroatoms. The van der Waals surface area contributed by atoms with Crippen molar-refractivity contribution in [3.8, 4) is 0 Å². The van der Waals surface area contributed by atoms with Crippen molar-refractivity contribution in [2.45, 2.75) is 56.9 Å². The molecule has 5 nitrogen and oxygen atoms in total. The summed E-state index contributed by atoms with van der Waals surface area (Å²) in [6.45, 7) is 6.46. The fourth-order valence-electron chi connectivity index (χ4n) is 2.82. The number of oxazole rings is 1. The normalized spacial score (nSPS) is 18.8. The van der Waals surface area contributed by atoms with E-state index in [1.807, 2.05) is 49.9 Å². The molecule has 0 saturated carbocycles. The maximum Gasteiger partial charge on any atom is 0.410 e. The highest BCUT2D eigenvalue weighted by Crippen LogP contribution is 2.28. The lowest BCUT2D eigenvalue weighted by molar-refractivity contribution is 0.0125. The second-order valence-electron chi connectivity index (χ2n) is 7.08. The standard InChI is InChI=1S/C18H24N2O3S/c1-18(2,3)23-17(21)20-11-7-6-8-13(20)12-24-16-19-14-9-4-5-10-15(14)22-16/h4-5,9-10,13H,6-8,11-12H2,1-3H3. The van der Waals surface area contributed by atoms with E-state index < -0.39 is 5.60 Å². The summed E-state index contributed by atoms with van der Waals surface area (Å²) in [5.41, 5.74) is 1.20. The van der Waals surface area contributed by atoms with Gasteiger partial charge in [0.15, 0.2) is 5.58 Å². The van der Waals surface area contributed by atoms with E-state index in [2.05, 4.69) is 4.98 Å². The number of thioether (sulfide) groups is 1. The molecule has 3 rings (SSSR count). The molecule has 0 aliphatic carbocycles. The van der Waals surface area contributed by atoms with Gasteiger partial charge >= 0.3 is 6.09 Å². The zero-order valence-electron chi connectivity index (χ0n) is 14.4. The van der Waals surface area contributed by atoms with Gasteiger partial charge in [-0.3, -0.25) is 0 Å². The van der Waals surface area contributed by atoms with Crippen LogP contribution in [0.25, 0.3) is 11.1 Å². The Kier molecular flexibility index (Phi) is 5.04. The Hall–Kier alpha value is -1.69. The van der Waals surface area contributed by atoms with Gasteiger partial charge in [0.25, 0.3) is 5.22 Å². The molecular weight excluding hydrogens is 324 g/mol. The minimum atomic E-state index is -0.466. The largest absolute Gasteiger partial charge is 0.444 e. The average Bonchev–Trinajstić information content (AvgIpc) is 2.94. The number of carbonyl (C=O) groups excluding carboxylic acids is 1.